The molecule has 142 valence electrons. The molecule has 0 saturated carbocycles. The molecule has 27 heavy (non-hydrogen) atoms. The quantitative estimate of drug-likeness (QED) is 0.389. The Labute approximate surface area is 156 Å². The maximum absolute atomic E-state index is 8.74. The lowest BCUT2D eigenvalue weighted by Crippen LogP contribution is -1.89. The van der Waals surface area contributed by atoms with Crippen molar-refractivity contribution in [2.75, 3.05) is 11.5 Å². The Bertz CT molecular complexity index is 882. The molecule has 0 aromatic heterocycles. The van der Waals surface area contributed by atoms with Gasteiger partial charge in [0.15, 0.2) is 0 Å². The van der Waals surface area contributed by atoms with Crippen molar-refractivity contribution >= 4 is 21.8 Å². The highest BCUT2D eigenvalue weighted by Crippen LogP contribution is 2.27. The molecule has 0 heterocycles. The average molecular weight is 390 g/mol. The summed E-state index contributed by atoms with van der Waals surface area (Å²) in [6.07, 6.45) is 0. The number of nitrogen functional groups attached to an aromatic ring is 2. The summed E-state index contributed by atoms with van der Waals surface area (Å²) in [4.78, 5) is 0. The molecule has 0 aliphatic carbocycles. The van der Waals surface area contributed by atoms with E-state index in [-0.39, 0.29) is 0 Å². The summed E-state index contributed by atoms with van der Waals surface area (Å²) in [7, 11) is -4.67. The van der Waals surface area contributed by atoms with Crippen molar-refractivity contribution in [2.24, 2.45) is 0 Å². The molecule has 0 unspecified atom stereocenters. The molecular formula is C18H18N2O6S. The second-order valence-corrected chi connectivity index (χ2v) is 6.16. The molecule has 9 heteroatoms. The van der Waals surface area contributed by atoms with E-state index in [0.29, 0.717) is 11.4 Å². The van der Waals surface area contributed by atoms with E-state index in [0.717, 1.165) is 23.0 Å². The SMILES string of the molecule is Nc1ccc(Oc2ccc(Oc3ccc(N)cc3)cc2)cc1.O=S(=O)(O)O. The molecule has 0 bridgehead atoms. The minimum absolute atomic E-state index is 0.708. The number of hydrogen-bond donors (Lipinski definition) is 4. The second kappa shape index (κ2) is 8.90. The van der Waals surface area contributed by atoms with Crippen molar-refractivity contribution in [3.05, 3.63) is 72.8 Å². The molecule has 0 radical (unpaired) electrons. The first-order valence-corrected chi connectivity index (χ1v) is 8.95. The van der Waals surface area contributed by atoms with Crippen LogP contribution in [0.5, 0.6) is 23.0 Å². The Balaban J connectivity index is 0.000000465. The van der Waals surface area contributed by atoms with E-state index in [2.05, 4.69) is 0 Å². The van der Waals surface area contributed by atoms with Crippen LogP contribution in [0.2, 0.25) is 0 Å². The van der Waals surface area contributed by atoms with Crippen molar-refractivity contribution in [3.8, 4) is 23.0 Å². The smallest absolute Gasteiger partial charge is 0.394 e. The van der Waals surface area contributed by atoms with E-state index < -0.39 is 10.4 Å². The van der Waals surface area contributed by atoms with E-state index in [4.69, 9.17) is 38.5 Å². The average Bonchev–Trinajstić information content (AvgIpc) is 2.59. The van der Waals surface area contributed by atoms with Crippen LogP contribution in [0.25, 0.3) is 0 Å². The van der Waals surface area contributed by atoms with Gasteiger partial charge < -0.3 is 20.9 Å². The lowest BCUT2D eigenvalue weighted by Gasteiger charge is -2.08. The number of benzene rings is 3. The fourth-order valence-electron chi connectivity index (χ4n) is 1.92. The maximum atomic E-state index is 8.74. The minimum atomic E-state index is -4.67. The van der Waals surface area contributed by atoms with Gasteiger partial charge in [0.2, 0.25) is 0 Å². The zero-order valence-electron chi connectivity index (χ0n) is 14.0. The summed E-state index contributed by atoms with van der Waals surface area (Å²) >= 11 is 0. The molecule has 3 aromatic rings. The fraction of sp³-hybridized carbons (Fsp3) is 0. The largest absolute Gasteiger partial charge is 0.457 e. The van der Waals surface area contributed by atoms with Gasteiger partial charge in [-0.05, 0) is 72.8 Å². The second-order valence-electron chi connectivity index (χ2n) is 5.26. The standard InChI is InChI=1S/C18H16N2O2.H2O4S/c19-13-1-5-15(6-2-13)21-17-9-11-18(12-10-17)22-16-7-3-14(20)4-8-16;1-5(2,3)4/h1-12H,19-20H2;(H2,1,2,3,4). The van der Waals surface area contributed by atoms with Crippen LogP contribution in [0, 0.1) is 0 Å². The van der Waals surface area contributed by atoms with Crippen LogP contribution < -0.4 is 20.9 Å². The first kappa shape index (κ1) is 20.0. The number of ether oxygens (including phenoxy) is 2. The van der Waals surface area contributed by atoms with Gasteiger partial charge in [-0.1, -0.05) is 0 Å². The zero-order chi connectivity index (χ0) is 19.9. The first-order valence-electron chi connectivity index (χ1n) is 7.56. The number of anilines is 2. The molecular weight excluding hydrogens is 372 g/mol. The van der Waals surface area contributed by atoms with Gasteiger partial charge in [0, 0.05) is 11.4 Å². The summed E-state index contributed by atoms with van der Waals surface area (Å²) in [5.41, 5.74) is 12.7. The third-order valence-corrected chi connectivity index (χ3v) is 3.06. The van der Waals surface area contributed by atoms with Crippen LogP contribution in [0.15, 0.2) is 72.8 Å². The van der Waals surface area contributed by atoms with Gasteiger partial charge in [0.05, 0.1) is 0 Å². The summed E-state index contributed by atoms with van der Waals surface area (Å²) in [5.74, 6) is 2.94. The number of nitrogens with two attached hydrogens (primary N) is 2. The van der Waals surface area contributed by atoms with Crippen molar-refractivity contribution in [3.63, 3.8) is 0 Å². The minimum Gasteiger partial charge on any atom is -0.457 e. The van der Waals surface area contributed by atoms with Crippen LogP contribution in [0.3, 0.4) is 0 Å². The first-order chi connectivity index (χ1) is 12.7. The lowest BCUT2D eigenvalue weighted by molar-refractivity contribution is 0.381. The van der Waals surface area contributed by atoms with Gasteiger partial charge in [0.1, 0.15) is 23.0 Å². The molecule has 3 rings (SSSR count). The Hall–Kier alpha value is -3.27. The Morgan fingerprint density at radius 1 is 0.556 bits per heavy atom. The van der Waals surface area contributed by atoms with Gasteiger partial charge in [-0.3, -0.25) is 9.11 Å². The lowest BCUT2D eigenvalue weighted by atomic mass is 10.3. The molecule has 0 aliphatic rings. The topological polar surface area (TPSA) is 145 Å². The number of hydrogen-bond acceptors (Lipinski definition) is 6. The summed E-state index contributed by atoms with van der Waals surface area (Å²) in [6.45, 7) is 0. The van der Waals surface area contributed by atoms with Crippen LogP contribution in [0.4, 0.5) is 11.4 Å². The fourth-order valence-corrected chi connectivity index (χ4v) is 1.92. The highest BCUT2D eigenvalue weighted by molar-refractivity contribution is 7.79. The van der Waals surface area contributed by atoms with E-state index in [1.54, 1.807) is 24.3 Å². The van der Waals surface area contributed by atoms with Crippen molar-refractivity contribution in [1.82, 2.24) is 0 Å². The molecule has 0 fully saturated rings. The van der Waals surface area contributed by atoms with Crippen molar-refractivity contribution < 1.29 is 27.0 Å². The van der Waals surface area contributed by atoms with Crippen LogP contribution in [0.1, 0.15) is 0 Å². The monoisotopic (exact) mass is 390 g/mol. The van der Waals surface area contributed by atoms with Crippen LogP contribution in [-0.4, -0.2) is 17.5 Å². The molecule has 0 spiro atoms. The summed E-state index contributed by atoms with van der Waals surface area (Å²) < 4.78 is 43.0. The molecule has 6 N–H and O–H groups in total. The Morgan fingerprint density at radius 2 is 0.741 bits per heavy atom. The van der Waals surface area contributed by atoms with E-state index >= 15 is 0 Å². The molecule has 0 saturated heterocycles. The van der Waals surface area contributed by atoms with Gasteiger partial charge in [-0.2, -0.15) is 8.42 Å². The van der Waals surface area contributed by atoms with Gasteiger partial charge in [-0.25, -0.2) is 0 Å². The van der Waals surface area contributed by atoms with E-state index in [1.165, 1.54) is 0 Å². The molecule has 3 aromatic carbocycles. The van der Waals surface area contributed by atoms with Gasteiger partial charge >= 0.3 is 10.4 Å². The van der Waals surface area contributed by atoms with Gasteiger partial charge in [0.25, 0.3) is 0 Å². The van der Waals surface area contributed by atoms with Gasteiger partial charge in [-0.15, -0.1) is 0 Å². The van der Waals surface area contributed by atoms with Crippen molar-refractivity contribution in [1.29, 1.82) is 0 Å². The highest BCUT2D eigenvalue weighted by atomic mass is 32.3. The molecule has 8 nitrogen and oxygen atoms in total. The summed E-state index contributed by atoms with van der Waals surface area (Å²) in [6, 6.07) is 21.9. The maximum Gasteiger partial charge on any atom is 0.394 e. The summed E-state index contributed by atoms with van der Waals surface area (Å²) in [5, 5.41) is 0. The normalized spacial score (nSPS) is 10.4. The molecule has 0 aliphatic heterocycles. The van der Waals surface area contributed by atoms with Crippen LogP contribution in [-0.2, 0) is 10.4 Å². The van der Waals surface area contributed by atoms with Crippen LogP contribution >= 0.6 is 0 Å². The molecule has 0 amide bonds. The van der Waals surface area contributed by atoms with Crippen molar-refractivity contribution in [2.45, 2.75) is 0 Å². The Kier molecular flexibility index (Phi) is 6.61. The predicted molar refractivity (Wildman–Crippen MR) is 102 cm³/mol. The Morgan fingerprint density at radius 3 is 0.963 bits per heavy atom. The zero-order valence-corrected chi connectivity index (χ0v) is 14.8. The molecule has 0 atom stereocenters. The predicted octanol–water partition coefficient (Wildman–Crippen LogP) is 3.78. The third kappa shape index (κ3) is 8.10. The van der Waals surface area contributed by atoms with E-state index in [9.17, 15) is 0 Å². The third-order valence-electron chi connectivity index (χ3n) is 3.06. The van der Waals surface area contributed by atoms with E-state index in [1.807, 2.05) is 48.5 Å². The highest BCUT2D eigenvalue weighted by Gasteiger charge is 2.00. The number of rotatable bonds is 4.